The number of aromatic nitrogens is 3. The predicted molar refractivity (Wildman–Crippen MR) is 101 cm³/mol. The van der Waals surface area contributed by atoms with Gasteiger partial charge in [-0.1, -0.05) is 18.7 Å². The smallest absolute Gasteiger partial charge is 0.230 e. The van der Waals surface area contributed by atoms with Crippen LogP contribution in [0.1, 0.15) is 34.1 Å². The van der Waals surface area contributed by atoms with Crippen LogP contribution in [-0.2, 0) is 11.3 Å². The summed E-state index contributed by atoms with van der Waals surface area (Å²) in [6, 6.07) is 7.72. The molecule has 0 radical (unpaired) electrons. The van der Waals surface area contributed by atoms with Gasteiger partial charge in [0.25, 0.3) is 0 Å². The monoisotopic (exact) mass is 362 g/mol. The molecule has 0 atom stereocenters. The number of ether oxygens (including phenoxy) is 1. The summed E-state index contributed by atoms with van der Waals surface area (Å²) in [4.78, 5) is 12.1. The van der Waals surface area contributed by atoms with Crippen molar-refractivity contribution in [3.63, 3.8) is 0 Å². The van der Waals surface area contributed by atoms with Crippen LogP contribution in [0.25, 0.3) is 11.4 Å². The lowest BCUT2D eigenvalue weighted by molar-refractivity contribution is -0.120. The minimum atomic E-state index is -0.190. The van der Waals surface area contributed by atoms with Crippen LogP contribution in [0.4, 0.5) is 0 Å². The van der Waals surface area contributed by atoms with Gasteiger partial charge in [-0.05, 0) is 51.5 Å². The standard InChI is InChI=1S/C18H26N4O2S/c1-6-18(3,4)19-15(23)12-25-17-21-20-16(22(17)7-2)13-8-10-14(24-5)11-9-13/h8-11H,6-7,12H2,1-5H3,(H,19,23). The third-order valence-electron chi connectivity index (χ3n) is 4.08. The molecule has 0 aliphatic carbocycles. The van der Waals surface area contributed by atoms with Gasteiger partial charge in [-0.3, -0.25) is 4.79 Å². The Morgan fingerprint density at radius 2 is 1.92 bits per heavy atom. The number of benzene rings is 1. The first kappa shape index (κ1) is 19.3. The Balaban J connectivity index is 2.10. The van der Waals surface area contributed by atoms with Gasteiger partial charge < -0.3 is 14.6 Å². The SMILES string of the molecule is CCn1c(SCC(=O)NC(C)(C)CC)nnc1-c1ccc(OC)cc1. The molecule has 0 saturated carbocycles. The Bertz CT molecular complexity index is 710. The summed E-state index contributed by atoms with van der Waals surface area (Å²) >= 11 is 1.41. The van der Waals surface area contributed by atoms with E-state index in [-0.39, 0.29) is 11.4 Å². The van der Waals surface area contributed by atoms with Crippen molar-refractivity contribution in [1.29, 1.82) is 0 Å². The molecule has 25 heavy (non-hydrogen) atoms. The molecule has 0 bridgehead atoms. The lowest BCUT2D eigenvalue weighted by Crippen LogP contribution is -2.43. The van der Waals surface area contributed by atoms with Gasteiger partial charge in [-0.2, -0.15) is 0 Å². The molecular weight excluding hydrogens is 336 g/mol. The third-order valence-corrected chi connectivity index (χ3v) is 5.04. The maximum atomic E-state index is 12.1. The van der Waals surface area contributed by atoms with Crippen molar-refractivity contribution < 1.29 is 9.53 Å². The van der Waals surface area contributed by atoms with E-state index in [4.69, 9.17) is 4.74 Å². The van der Waals surface area contributed by atoms with Crippen molar-refractivity contribution in [3.8, 4) is 17.1 Å². The van der Waals surface area contributed by atoms with Crippen molar-refractivity contribution >= 4 is 17.7 Å². The van der Waals surface area contributed by atoms with Gasteiger partial charge in [-0.15, -0.1) is 10.2 Å². The summed E-state index contributed by atoms with van der Waals surface area (Å²) in [5, 5.41) is 12.3. The Morgan fingerprint density at radius 1 is 1.24 bits per heavy atom. The van der Waals surface area contributed by atoms with E-state index in [2.05, 4.69) is 22.4 Å². The molecule has 136 valence electrons. The molecular formula is C18H26N4O2S. The number of rotatable bonds is 8. The molecule has 1 heterocycles. The van der Waals surface area contributed by atoms with Crippen LogP contribution in [0.3, 0.4) is 0 Å². The highest BCUT2D eigenvalue weighted by molar-refractivity contribution is 7.99. The fraction of sp³-hybridized carbons (Fsp3) is 0.500. The maximum Gasteiger partial charge on any atom is 0.230 e. The van der Waals surface area contributed by atoms with Crippen molar-refractivity contribution in [2.45, 2.75) is 51.4 Å². The number of hydrogen-bond acceptors (Lipinski definition) is 5. The zero-order chi connectivity index (χ0) is 18.4. The lowest BCUT2D eigenvalue weighted by Gasteiger charge is -2.24. The Morgan fingerprint density at radius 3 is 2.48 bits per heavy atom. The summed E-state index contributed by atoms with van der Waals surface area (Å²) in [6.07, 6.45) is 0.885. The van der Waals surface area contributed by atoms with E-state index in [0.29, 0.717) is 5.75 Å². The number of thioether (sulfide) groups is 1. The number of amides is 1. The van der Waals surface area contributed by atoms with Crippen molar-refractivity contribution in [3.05, 3.63) is 24.3 Å². The number of methoxy groups -OCH3 is 1. The van der Waals surface area contributed by atoms with Gasteiger partial charge >= 0.3 is 0 Å². The molecule has 0 fully saturated rings. The van der Waals surface area contributed by atoms with Gasteiger partial charge in [0.1, 0.15) is 5.75 Å². The molecule has 0 unspecified atom stereocenters. The predicted octanol–water partition coefficient (Wildman–Crippen LogP) is 3.37. The van der Waals surface area contributed by atoms with E-state index in [1.165, 1.54) is 11.8 Å². The molecule has 0 spiro atoms. The van der Waals surface area contributed by atoms with Gasteiger partial charge in [-0.25, -0.2) is 0 Å². The molecule has 0 aliphatic heterocycles. The van der Waals surface area contributed by atoms with Gasteiger partial charge in [0.05, 0.1) is 12.9 Å². The van der Waals surface area contributed by atoms with Gasteiger partial charge in [0.15, 0.2) is 11.0 Å². The number of carbonyl (C=O) groups excluding carboxylic acids is 1. The second kappa shape index (κ2) is 8.38. The summed E-state index contributed by atoms with van der Waals surface area (Å²) in [6.45, 7) is 8.87. The van der Waals surface area contributed by atoms with E-state index in [9.17, 15) is 4.79 Å². The van der Waals surface area contributed by atoms with Gasteiger partial charge in [0.2, 0.25) is 5.91 Å². The number of nitrogens with zero attached hydrogens (tertiary/aromatic N) is 3. The largest absolute Gasteiger partial charge is 0.497 e. The molecule has 2 rings (SSSR count). The highest BCUT2D eigenvalue weighted by Gasteiger charge is 2.19. The minimum absolute atomic E-state index is 0.00787. The summed E-state index contributed by atoms with van der Waals surface area (Å²) in [7, 11) is 1.64. The average molecular weight is 362 g/mol. The second-order valence-corrected chi connectivity index (χ2v) is 7.30. The Labute approximate surface area is 153 Å². The molecule has 1 aromatic carbocycles. The summed E-state index contributed by atoms with van der Waals surface area (Å²) in [5.74, 6) is 1.93. The molecule has 0 aliphatic rings. The van der Waals surface area contributed by atoms with Crippen LogP contribution in [0, 0.1) is 0 Å². The number of carbonyl (C=O) groups is 1. The second-order valence-electron chi connectivity index (χ2n) is 6.35. The average Bonchev–Trinajstić information content (AvgIpc) is 3.02. The zero-order valence-corrected chi connectivity index (χ0v) is 16.3. The van der Waals surface area contributed by atoms with Crippen LogP contribution < -0.4 is 10.1 Å². The van der Waals surface area contributed by atoms with Crippen molar-refractivity contribution in [2.75, 3.05) is 12.9 Å². The van der Waals surface area contributed by atoms with Crippen LogP contribution >= 0.6 is 11.8 Å². The maximum absolute atomic E-state index is 12.1. The van der Waals surface area contributed by atoms with Crippen LogP contribution in [0.5, 0.6) is 5.75 Å². The molecule has 7 heteroatoms. The minimum Gasteiger partial charge on any atom is -0.497 e. The Kier molecular flexibility index (Phi) is 6.47. The third kappa shape index (κ3) is 4.98. The fourth-order valence-corrected chi connectivity index (χ4v) is 3.07. The fourth-order valence-electron chi connectivity index (χ4n) is 2.27. The molecule has 1 aromatic heterocycles. The molecule has 6 nitrogen and oxygen atoms in total. The van der Waals surface area contributed by atoms with E-state index in [0.717, 1.165) is 35.3 Å². The van der Waals surface area contributed by atoms with E-state index in [1.54, 1.807) is 7.11 Å². The molecule has 2 aromatic rings. The summed E-state index contributed by atoms with van der Waals surface area (Å²) in [5.41, 5.74) is 0.781. The first-order valence-corrected chi connectivity index (χ1v) is 9.40. The molecule has 0 saturated heterocycles. The zero-order valence-electron chi connectivity index (χ0n) is 15.5. The normalized spacial score (nSPS) is 11.4. The first-order valence-electron chi connectivity index (χ1n) is 8.41. The summed E-state index contributed by atoms with van der Waals surface area (Å²) < 4.78 is 7.21. The van der Waals surface area contributed by atoms with Crippen LogP contribution in [0.2, 0.25) is 0 Å². The van der Waals surface area contributed by atoms with E-state index in [1.807, 2.05) is 49.6 Å². The van der Waals surface area contributed by atoms with E-state index < -0.39 is 0 Å². The highest BCUT2D eigenvalue weighted by Crippen LogP contribution is 2.25. The van der Waals surface area contributed by atoms with Gasteiger partial charge in [0, 0.05) is 17.6 Å². The Hall–Kier alpha value is -2.02. The number of hydrogen-bond donors (Lipinski definition) is 1. The van der Waals surface area contributed by atoms with E-state index >= 15 is 0 Å². The highest BCUT2D eigenvalue weighted by atomic mass is 32.2. The number of nitrogens with one attached hydrogen (secondary N) is 1. The first-order chi connectivity index (χ1) is 11.9. The molecule has 1 N–H and O–H groups in total. The quantitative estimate of drug-likeness (QED) is 0.729. The van der Waals surface area contributed by atoms with Crippen LogP contribution in [0.15, 0.2) is 29.4 Å². The lowest BCUT2D eigenvalue weighted by atomic mass is 10.0. The topological polar surface area (TPSA) is 69.0 Å². The molecule has 1 amide bonds. The van der Waals surface area contributed by atoms with Crippen molar-refractivity contribution in [1.82, 2.24) is 20.1 Å². The van der Waals surface area contributed by atoms with Crippen LogP contribution in [-0.4, -0.2) is 39.1 Å². The van der Waals surface area contributed by atoms with Crippen molar-refractivity contribution in [2.24, 2.45) is 0 Å².